The summed E-state index contributed by atoms with van der Waals surface area (Å²) in [6.07, 6.45) is 1.07. The second-order valence-corrected chi connectivity index (χ2v) is 31.0. The Morgan fingerprint density at radius 1 is 0.229 bits per heavy atom. The van der Waals surface area contributed by atoms with Crippen molar-refractivity contribution in [3.8, 4) is 95.0 Å². The van der Waals surface area contributed by atoms with Gasteiger partial charge in [0.2, 0.25) is 0 Å². The molecule has 0 N–H and O–H groups in total. The second-order valence-electron chi connectivity index (χ2n) is 30.1. The van der Waals surface area contributed by atoms with Crippen molar-refractivity contribution in [1.29, 1.82) is 0 Å². The fourth-order valence-corrected chi connectivity index (χ4v) is 18.4. The maximum Gasteiger partial charge on any atom is 0.0544 e. The molecule has 19 aromatic rings. The van der Waals surface area contributed by atoms with Gasteiger partial charge in [-0.05, 0) is 227 Å². The van der Waals surface area contributed by atoms with Crippen LogP contribution >= 0.6 is 15.9 Å². The summed E-state index contributed by atoms with van der Waals surface area (Å²) in [6.45, 7) is 9.44. The molecule has 0 bridgehead atoms. The summed E-state index contributed by atoms with van der Waals surface area (Å²) in [5.41, 5.74) is 37.6. The first kappa shape index (κ1) is 68.3. The fraction of sp³-hybridized carbons (Fsp3) is 0.0769. The zero-order valence-corrected chi connectivity index (χ0v) is 62.2. The van der Waals surface area contributed by atoms with Crippen molar-refractivity contribution in [1.82, 2.24) is 13.7 Å². The number of benzene rings is 16. The van der Waals surface area contributed by atoms with Crippen molar-refractivity contribution in [2.75, 3.05) is 0 Å². The van der Waals surface area contributed by atoms with Gasteiger partial charge in [0, 0.05) is 73.1 Å². The Kier molecular flexibility index (Phi) is 16.9. The van der Waals surface area contributed by atoms with E-state index in [1.54, 1.807) is 0 Å². The molecular formula is C104H78BBrN3. The first-order valence-corrected chi connectivity index (χ1v) is 38.1. The normalized spacial score (nSPS) is 13.0. The monoisotopic (exact) mass is 1460 g/mol. The van der Waals surface area contributed by atoms with Gasteiger partial charge in [0.05, 0.1) is 33.1 Å². The van der Waals surface area contributed by atoms with Crippen LogP contribution in [0.25, 0.3) is 160 Å². The van der Waals surface area contributed by atoms with Crippen LogP contribution in [0.2, 0.25) is 0 Å². The molecule has 0 fully saturated rings. The van der Waals surface area contributed by atoms with Crippen LogP contribution in [0.4, 0.5) is 0 Å². The average molecular weight is 1460 g/mol. The molecule has 519 valence electrons. The lowest BCUT2D eigenvalue weighted by atomic mass is 9.81. The molecular weight excluding hydrogens is 1380 g/mol. The zero-order chi connectivity index (χ0) is 71.7. The van der Waals surface area contributed by atoms with Gasteiger partial charge in [0.25, 0.3) is 0 Å². The zero-order valence-electron chi connectivity index (χ0n) is 60.6. The van der Waals surface area contributed by atoms with E-state index < -0.39 is 0 Å². The van der Waals surface area contributed by atoms with Gasteiger partial charge in [-0.1, -0.05) is 306 Å². The first-order valence-electron chi connectivity index (χ1n) is 37.3. The molecule has 22 rings (SSSR count). The molecule has 16 aromatic carbocycles. The minimum absolute atomic E-state index is 0. The van der Waals surface area contributed by atoms with Gasteiger partial charge in [-0.25, -0.2) is 0 Å². The minimum atomic E-state index is -0.0777. The number of para-hydroxylation sites is 3. The Bertz CT molecular complexity index is 6660. The van der Waals surface area contributed by atoms with E-state index in [-0.39, 0.29) is 26.7 Å². The maximum atomic E-state index is 3.66. The summed E-state index contributed by atoms with van der Waals surface area (Å²) in [5, 5.41) is 7.57. The third-order valence-electron chi connectivity index (χ3n) is 23.2. The van der Waals surface area contributed by atoms with E-state index in [9.17, 15) is 0 Å². The fourth-order valence-electron chi connectivity index (χ4n) is 18.0. The Labute approximate surface area is 648 Å². The quantitative estimate of drug-likeness (QED) is 0.141. The Morgan fingerprint density at radius 3 is 1.06 bits per heavy atom. The molecule has 0 aliphatic heterocycles. The smallest absolute Gasteiger partial charge is 0.0544 e. The molecule has 3 heterocycles. The third kappa shape index (κ3) is 11.3. The van der Waals surface area contributed by atoms with Crippen LogP contribution in [0.1, 0.15) is 68.5 Å². The third-order valence-corrected chi connectivity index (χ3v) is 23.7. The summed E-state index contributed by atoms with van der Waals surface area (Å²) in [7, 11) is 0. The molecule has 0 amide bonds. The lowest BCUT2D eigenvalue weighted by molar-refractivity contribution is 0.659. The highest BCUT2D eigenvalue weighted by molar-refractivity contribution is 9.10. The highest BCUT2D eigenvalue weighted by Crippen LogP contribution is 2.54. The van der Waals surface area contributed by atoms with Gasteiger partial charge < -0.3 is 13.7 Å². The van der Waals surface area contributed by atoms with E-state index >= 15 is 0 Å². The van der Waals surface area contributed by atoms with Crippen molar-refractivity contribution in [3.63, 3.8) is 0 Å². The van der Waals surface area contributed by atoms with Crippen LogP contribution in [0.15, 0.2) is 368 Å². The van der Waals surface area contributed by atoms with Crippen LogP contribution < -0.4 is 0 Å². The Balaban J connectivity index is 0.000000126. The molecule has 3 aliphatic carbocycles. The van der Waals surface area contributed by atoms with Gasteiger partial charge in [0.15, 0.2) is 0 Å². The van der Waals surface area contributed by atoms with E-state index in [4.69, 9.17) is 0 Å². The van der Waals surface area contributed by atoms with Gasteiger partial charge in [-0.2, -0.15) is 0 Å². The molecule has 0 saturated heterocycles. The molecule has 5 heteroatoms. The van der Waals surface area contributed by atoms with E-state index in [0.29, 0.717) is 0 Å². The number of aromatic nitrogens is 3. The van der Waals surface area contributed by atoms with Gasteiger partial charge in [-0.3, -0.25) is 0 Å². The van der Waals surface area contributed by atoms with Gasteiger partial charge in [-0.15, -0.1) is 0 Å². The second kappa shape index (κ2) is 27.0. The van der Waals surface area contributed by atoms with Crippen LogP contribution in [0, 0.1) is 0 Å². The van der Waals surface area contributed by atoms with Crippen molar-refractivity contribution >= 4 is 89.8 Å². The summed E-state index contributed by atoms with van der Waals surface area (Å²) < 4.78 is 8.41. The number of fused-ring (bicyclic) bond motifs is 18. The molecule has 0 saturated carbocycles. The van der Waals surface area contributed by atoms with E-state index in [1.165, 1.54) is 188 Å². The van der Waals surface area contributed by atoms with Gasteiger partial charge >= 0.3 is 0 Å². The summed E-state index contributed by atoms with van der Waals surface area (Å²) >= 11 is 3.66. The number of rotatable bonds is 7. The lowest BCUT2D eigenvalue weighted by Crippen LogP contribution is -2.15. The summed E-state index contributed by atoms with van der Waals surface area (Å²) in [4.78, 5) is 0. The number of hydrogen-bond acceptors (Lipinski definition) is 0. The highest BCUT2D eigenvalue weighted by Gasteiger charge is 2.38. The van der Waals surface area contributed by atoms with Crippen molar-refractivity contribution in [2.24, 2.45) is 0 Å². The maximum absolute atomic E-state index is 3.66. The van der Waals surface area contributed by atoms with Crippen LogP contribution in [-0.4, -0.2) is 22.1 Å². The highest BCUT2D eigenvalue weighted by atomic mass is 79.9. The van der Waals surface area contributed by atoms with Gasteiger partial charge in [0.1, 0.15) is 0 Å². The molecule has 3 aromatic heterocycles. The largest absolute Gasteiger partial charge is 0.309 e. The SMILES string of the molecule is Brc1ccc2c(c1)c1ccccc1n2-c1cc(-c2ccccc2)cc(-c2ccccc2)c1.C.CC1(C)c2ccccc2-c2cc3c(cc21)Cc1ccccc1-3.CC1(C)c2ccccc2-c2cc3c4ccccc4n(-c4ccc5c(c4)c4ccccc4n5-c4cc(-c5ccccc5)cc(-c5ccccc5)c4)c3cc21.[B]. The summed E-state index contributed by atoms with van der Waals surface area (Å²) in [6, 6.07) is 133. The molecule has 3 nitrogen and oxygen atoms in total. The van der Waals surface area contributed by atoms with E-state index in [0.717, 1.165) is 16.6 Å². The number of nitrogens with zero attached hydrogens (tertiary/aromatic N) is 3. The van der Waals surface area contributed by atoms with Crippen molar-refractivity contribution < 1.29 is 0 Å². The standard InChI is InChI=1S/C51H36N2.C30H20BrN.C22H18.CH4.B/c1-51(2)45-22-12-9-19-39(45)42-31-44-41-21-11-13-23-47(41)52(50(44)32-46(42)51)37-25-26-49-43(30-37)40-20-10-14-24-48(40)53(49)38-28-35(33-15-5-3-6-16-33)27-36(29-38)34-17-7-4-8-18-34;31-25-15-16-30-28(20-25)27-13-7-8-14-29(27)32(30)26-18-23(21-9-3-1-4-10-21)17-24(19-26)22-11-5-2-6-12-22;1-22(2)20-10-6-5-9-17(20)19-13-18-15(12-21(19)22)11-14-7-3-4-8-16(14)18;;/h3-32H,1-2H3;1-20H;3-10,12-13H,11H2,1-2H3;1H4;. The topological polar surface area (TPSA) is 14.8 Å². The lowest BCUT2D eigenvalue weighted by Gasteiger charge is -2.22. The molecule has 3 radical (unpaired) electrons. The average Bonchev–Trinajstić information content (AvgIpc) is 1.56. The van der Waals surface area contributed by atoms with Crippen molar-refractivity contribution in [3.05, 3.63) is 402 Å². The van der Waals surface area contributed by atoms with Crippen LogP contribution in [0.3, 0.4) is 0 Å². The van der Waals surface area contributed by atoms with E-state index in [1.807, 2.05) is 0 Å². The molecule has 0 atom stereocenters. The molecule has 3 aliphatic rings. The van der Waals surface area contributed by atoms with Crippen LogP contribution in [-0.2, 0) is 17.3 Å². The number of hydrogen-bond donors (Lipinski definition) is 0. The number of halogens is 1. The van der Waals surface area contributed by atoms with Crippen molar-refractivity contribution in [2.45, 2.75) is 52.4 Å². The van der Waals surface area contributed by atoms with Crippen LogP contribution in [0.5, 0.6) is 0 Å². The predicted octanol–water partition coefficient (Wildman–Crippen LogP) is 28.2. The molecule has 0 spiro atoms. The predicted molar refractivity (Wildman–Crippen MR) is 468 cm³/mol. The first-order chi connectivity index (χ1) is 52.5. The van der Waals surface area contributed by atoms with E-state index in [2.05, 4.69) is 421 Å². The Morgan fingerprint density at radius 2 is 0.587 bits per heavy atom. The minimum Gasteiger partial charge on any atom is -0.309 e. The Hall–Kier alpha value is -12.5. The molecule has 0 unspecified atom stereocenters. The molecule has 109 heavy (non-hydrogen) atoms. The summed E-state index contributed by atoms with van der Waals surface area (Å²) in [5.74, 6) is 0.